The van der Waals surface area contributed by atoms with E-state index < -0.39 is 6.10 Å². The largest absolute Gasteiger partial charge is 0.462 e. The Morgan fingerprint density at radius 1 is 1.29 bits per heavy atom. The molecule has 0 fully saturated rings. The monoisotopic (exact) mass is 253 g/mol. The summed E-state index contributed by atoms with van der Waals surface area (Å²) in [6.45, 7) is 0.935. The van der Waals surface area contributed by atoms with Gasteiger partial charge >= 0.3 is 0 Å². The molecule has 0 aliphatic rings. The van der Waals surface area contributed by atoms with Crippen LogP contribution < -0.4 is 5.32 Å². The number of furan rings is 1. The van der Waals surface area contributed by atoms with Crippen molar-refractivity contribution in [1.82, 2.24) is 5.32 Å². The minimum atomic E-state index is -0.492. The fraction of sp³-hybridized carbons (Fsp3) is 0.333. The van der Waals surface area contributed by atoms with Crippen LogP contribution in [0.4, 0.5) is 0 Å². The average Bonchev–Trinajstić information content (AvgIpc) is 3.00. The molecule has 5 heteroatoms. The van der Waals surface area contributed by atoms with E-state index in [1.54, 1.807) is 17.4 Å². The maximum absolute atomic E-state index is 9.81. The lowest BCUT2D eigenvalue weighted by Crippen LogP contribution is -2.20. The van der Waals surface area contributed by atoms with Gasteiger partial charge < -0.3 is 19.9 Å². The summed E-state index contributed by atoms with van der Waals surface area (Å²) in [6, 6.07) is 5.47. The Bertz CT molecular complexity index is 438. The third-order valence-electron chi connectivity index (χ3n) is 2.44. The zero-order valence-corrected chi connectivity index (χ0v) is 10.1. The van der Waals surface area contributed by atoms with E-state index in [1.807, 2.05) is 22.9 Å². The molecule has 1 atom stereocenters. The molecule has 3 N–H and O–H groups in total. The van der Waals surface area contributed by atoms with E-state index in [4.69, 9.17) is 9.52 Å². The van der Waals surface area contributed by atoms with Crippen LogP contribution in [0.5, 0.6) is 0 Å². The van der Waals surface area contributed by atoms with E-state index in [2.05, 4.69) is 5.32 Å². The molecule has 0 spiro atoms. The fourth-order valence-electron chi connectivity index (χ4n) is 1.52. The molecule has 2 aromatic rings. The van der Waals surface area contributed by atoms with Crippen molar-refractivity contribution in [3.05, 3.63) is 46.0 Å². The molecular weight excluding hydrogens is 238 g/mol. The van der Waals surface area contributed by atoms with E-state index in [-0.39, 0.29) is 6.61 Å². The van der Waals surface area contributed by atoms with Gasteiger partial charge in [0.15, 0.2) is 0 Å². The molecule has 92 valence electrons. The first-order chi connectivity index (χ1) is 8.29. The molecule has 17 heavy (non-hydrogen) atoms. The minimum Gasteiger partial charge on any atom is -0.462 e. The summed E-state index contributed by atoms with van der Waals surface area (Å²) >= 11 is 1.57. The Kier molecular flexibility index (Phi) is 4.33. The van der Waals surface area contributed by atoms with Crippen molar-refractivity contribution in [3.63, 3.8) is 0 Å². The van der Waals surface area contributed by atoms with E-state index in [0.717, 1.165) is 11.3 Å². The number of aliphatic hydroxyl groups is 2. The molecule has 0 saturated heterocycles. The number of rotatable bonds is 6. The molecule has 2 heterocycles. The van der Waals surface area contributed by atoms with Crippen LogP contribution in [0, 0.1) is 0 Å². The highest BCUT2D eigenvalue weighted by Gasteiger charge is 2.07. The second kappa shape index (κ2) is 5.97. The van der Waals surface area contributed by atoms with Crippen molar-refractivity contribution >= 4 is 11.3 Å². The number of aliphatic hydroxyl groups excluding tert-OH is 2. The minimum absolute atomic E-state index is 0.0858. The summed E-state index contributed by atoms with van der Waals surface area (Å²) in [5.74, 6) is 1.31. The van der Waals surface area contributed by atoms with Crippen LogP contribution in [-0.2, 0) is 13.2 Å². The SMILES string of the molecule is OCc1ccc(CNCC(O)c2ccsc2)o1. The Morgan fingerprint density at radius 3 is 2.76 bits per heavy atom. The lowest BCUT2D eigenvalue weighted by atomic mass is 10.2. The predicted octanol–water partition coefficient (Wildman–Crippen LogP) is 1.66. The maximum atomic E-state index is 9.81. The molecule has 0 radical (unpaired) electrons. The number of thiophene rings is 1. The third kappa shape index (κ3) is 3.41. The molecule has 0 aliphatic heterocycles. The second-order valence-corrected chi connectivity index (χ2v) is 4.51. The fourth-order valence-corrected chi connectivity index (χ4v) is 2.22. The molecule has 0 aliphatic carbocycles. The first kappa shape index (κ1) is 12.3. The van der Waals surface area contributed by atoms with Crippen molar-refractivity contribution in [2.75, 3.05) is 6.54 Å². The van der Waals surface area contributed by atoms with Crippen molar-refractivity contribution in [2.24, 2.45) is 0 Å². The van der Waals surface area contributed by atoms with E-state index >= 15 is 0 Å². The molecule has 0 aromatic carbocycles. The van der Waals surface area contributed by atoms with Crippen LogP contribution >= 0.6 is 11.3 Å². The van der Waals surface area contributed by atoms with Gasteiger partial charge in [-0.25, -0.2) is 0 Å². The van der Waals surface area contributed by atoms with Gasteiger partial charge in [0.25, 0.3) is 0 Å². The molecule has 4 nitrogen and oxygen atoms in total. The first-order valence-corrected chi connectivity index (χ1v) is 6.33. The average molecular weight is 253 g/mol. The van der Waals surface area contributed by atoms with Gasteiger partial charge in [-0.3, -0.25) is 0 Å². The Hall–Kier alpha value is -1.14. The standard InChI is InChI=1S/C12H15NO3S/c14-7-11-2-1-10(16-11)5-13-6-12(15)9-3-4-17-8-9/h1-4,8,12-15H,5-7H2. The van der Waals surface area contributed by atoms with Gasteiger partial charge in [0.2, 0.25) is 0 Å². The summed E-state index contributed by atoms with van der Waals surface area (Å²) in [7, 11) is 0. The maximum Gasteiger partial charge on any atom is 0.129 e. The Balaban J connectivity index is 1.76. The molecule has 0 saturated carbocycles. The van der Waals surface area contributed by atoms with Crippen molar-refractivity contribution in [1.29, 1.82) is 0 Å². The number of hydrogen-bond acceptors (Lipinski definition) is 5. The highest BCUT2D eigenvalue weighted by molar-refractivity contribution is 7.07. The van der Waals surface area contributed by atoms with Crippen molar-refractivity contribution < 1.29 is 14.6 Å². The summed E-state index contributed by atoms with van der Waals surface area (Å²) in [5, 5.41) is 25.6. The quantitative estimate of drug-likeness (QED) is 0.732. The van der Waals surface area contributed by atoms with Crippen LogP contribution in [0.25, 0.3) is 0 Å². The van der Waals surface area contributed by atoms with Gasteiger partial charge in [-0.2, -0.15) is 11.3 Å². The topological polar surface area (TPSA) is 65.6 Å². The van der Waals surface area contributed by atoms with Crippen molar-refractivity contribution in [3.8, 4) is 0 Å². The molecule has 2 aromatic heterocycles. The van der Waals surface area contributed by atoms with Gasteiger partial charge in [0.1, 0.15) is 18.1 Å². The summed E-state index contributed by atoms with van der Waals surface area (Å²) in [6.07, 6.45) is -0.492. The molecular formula is C12H15NO3S. The molecule has 0 bridgehead atoms. The van der Waals surface area contributed by atoms with Crippen LogP contribution in [-0.4, -0.2) is 16.8 Å². The number of nitrogens with one attached hydrogen (secondary N) is 1. The third-order valence-corrected chi connectivity index (χ3v) is 3.14. The summed E-state index contributed by atoms with van der Waals surface area (Å²) in [4.78, 5) is 0. The zero-order chi connectivity index (χ0) is 12.1. The van der Waals surface area contributed by atoms with E-state index in [0.29, 0.717) is 18.8 Å². The predicted molar refractivity (Wildman–Crippen MR) is 65.6 cm³/mol. The molecule has 0 amide bonds. The van der Waals surface area contributed by atoms with Crippen LogP contribution in [0.2, 0.25) is 0 Å². The lowest BCUT2D eigenvalue weighted by Gasteiger charge is -2.09. The highest BCUT2D eigenvalue weighted by Crippen LogP contribution is 2.15. The van der Waals surface area contributed by atoms with Crippen LogP contribution in [0.1, 0.15) is 23.2 Å². The van der Waals surface area contributed by atoms with Gasteiger partial charge in [0.05, 0.1) is 12.6 Å². The second-order valence-electron chi connectivity index (χ2n) is 3.73. The van der Waals surface area contributed by atoms with E-state index in [9.17, 15) is 5.11 Å². The Morgan fingerprint density at radius 2 is 2.12 bits per heavy atom. The highest BCUT2D eigenvalue weighted by atomic mass is 32.1. The normalized spacial score (nSPS) is 12.8. The van der Waals surface area contributed by atoms with Gasteiger partial charge in [0, 0.05) is 6.54 Å². The smallest absolute Gasteiger partial charge is 0.129 e. The van der Waals surface area contributed by atoms with E-state index in [1.165, 1.54) is 0 Å². The van der Waals surface area contributed by atoms with Gasteiger partial charge in [-0.1, -0.05) is 0 Å². The van der Waals surface area contributed by atoms with Gasteiger partial charge in [-0.15, -0.1) is 0 Å². The lowest BCUT2D eigenvalue weighted by molar-refractivity contribution is 0.173. The summed E-state index contributed by atoms with van der Waals surface area (Å²) < 4.78 is 5.31. The van der Waals surface area contributed by atoms with Crippen LogP contribution in [0.3, 0.4) is 0 Å². The summed E-state index contributed by atoms with van der Waals surface area (Å²) in [5.41, 5.74) is 0.929. The number of hydrogen-bond donors (Lipinski definition) is 3. The van der Waals surface area contributed by atoms with Crippen LogP contribution in [0.15, 0.2) is 33.4 Å². The Labute approximate surface area is 104 Å². The molecule has 2 rings (SSSR count). The van der Waals surface area contributed by atoms with Crippen molar-refractivity contribution in [2.45, 2.75) is 19.3 Å². The van der Waals surface area contributed by atoms with Gasteiger partial charge in [-0.05, 0) is 34.5 Å². The first-order valence-electron chi connectivity index (χ1n) is 5.39. The molecule has 1 unspecified atom stereocenters. The zero-order valence-electron chi connectivity index (χ0n) is 9.30.